The Labute approximate surface area is 185 Å². The molecule has 3 heterocycles. The Kier molecular flexibility index (Phi) is 5.08. The van der Waals surface area contributed by atoms with E-state index in [2.05, 4.69) is 20.9 Å². The number of aromatic nitrogens is 1. The van der Waals surface area contributed by atoms with E-state index in [9.17, 15) is 23.1 Å². The third-order valence-corrected chi connectivity index (χ3v) is 10.9. The number of aliphatic hydroxyl groups excluding tert-OH is 1. The molecule has 160 valence electrons. The van der Waals surface area contributed by atoms with Gasteiger partial charge in [-0.2, -0.15) is 0 Å². The molecule has 2 fully saturated rings. The molecule has 11 heteroatoms. The second kappa shape index (κ2) is 7.11. The van der Waals surface area contributed by atoms with Crippen molar-refractivity contribution in [3.63, 3.8) is 0 Å². The third-order valence-electron chi connectivity index (χ3n) is 5.67. The summed E-state index contributed by atoms with van der Waals surface area (Å²) in [7, 11) is -4.05. The molecular formula is C19H19BrN2O6S2. The summed E-state index contributed by atoms with van der Waals surface area (Å²) >= 11 is 4.31. The number of β-lactam (4-membered cyclic amide) rings is 1. The molecule has 0 bridgehead atoms. The Hall–Kier alpha value is -1.82. The molecule has 8 nitrogen and oxygen atoms in total. The Morgan fingerprint density at radius 3 is 2.63 bits per heavy atom. The second-order valence-electron chi connectivity index (χ2n) is 7.75. The molecule has 4 atom stereocenters. The summed E-state index contributed by atoms with van der Waals surface area (Å²) in [4.78, 5) is 31.0. The molecule has 4 rings (SSSR count). The van der Waals surface area contributed by atoms with Gasteiger partial charge in [0.1, 0.15) is 28.5 Å². The fourth-order valence-corrected chi connectivity index (χ4v) is 8.48. The van der Waals surface area contributed by atoms with Crippen LogP contribution in [0.25, 0.3) is 0 Å². The van der Waals surface area contributed by atoms with Crippen LogP contribution in [0, 0.1) is 0 Å². The minimum Gasteiger partial charge on any atom is -0.459 e. The minimum atomic E-state index is -4.05. The highest BCUT2D eigenvalue weighted by Gasteiger charge is 2.80. The molecular weight excluding hydrogens is 496 g/mol. The van der Waals surface area contributed by atoms with Crippen LogP contribution in [0.1, 0.15) is 30.5 Å². The summed E-state index contributed by atoms with van der Waals surface area (Å²) in [6.07, 6.45) is -0.0203. The average molecular weight is 515 g/mol. The summed E-state index contributed by atoms with van der Waals surface area (Å²) in [6, 6.07) is 7.63. The fraction of sp³-hybridized carbons (Fsp3) is 0.421. The summed E-state index contributed by atoms with van der Waals surface area (Å²) in [6.45, 7) is 2.75. The van der Waals surface area contributed by atoms with Crippen LogP contribution in [-0.4, -0.2) is 55.8 Å². The van der Waals surface area contributed by atoms with Crippen molar-refractivity contribution in [2.24, 2.45) is 0 Å². The maximum Gasteiger partial charge on any atom is 0.330 e. The van der Waals surface area contributed by atoms with Gasteiger partial charge in [-0.25, -0.2) is 18.2 Å². The lowest BCUT2D eigenvalue weighted by atomic mass is 9.87. The summed E-state index contributed by atoms with van der Waals surface area (Å²) in [5.74, 6) is -1.49. The van der Waals surface area contributed by atoms with E-state index in [0.717, 1.165) is 21.8 Å². The molecule has 2 saturated heterocycles. The van der Waals surface area contributed by atoms with E-state index < -0.39 is 48.3 Å². The van der Waals surface area contributed by atoms with Crippen molar-refractivity contribution in [3.05, 3.63) is 52.5 Å². The number of rotatable bonds is 5. The van der Waals surface area contributed by atoms with Gasteiger partial charge in [0.2, 0.25) is 5.91 Å². The molecule has 0 saturated carbocycles. The monoisotopic (exact) mass is 514 g/mol. The molecule has 1 N–H and O–H groups in total. The van der Waals surface area contributed by atoms with Gasteiger partial charge in [0.05, 0.1) is 0 Å². The van der Waals surface area contributed by atoms with Crippen LogP contribution in [0.2, 0.25) is 0 Å². The average Bonchev–Trinajstić information content (AvgIpc) is 3.29. The van der Waals surface area contributed by atoms with Gasteiger partial charge in [0, 0.05) is 11.6 Å². The number of nitrogens with zero attached hydrogens (tertiary/aromatic N) is 2. The molecule has 0 radical (unpaired) electrons. The van der Waals surface area contributed by atoms with Crippen LogP contribution in [0.5, 0.6) is 0 Å². The molecule has 2 aliphatic rings. The topological polar surface area (TPSA) is 114 Å². The normalized spacial score (nSPS) is 29.7. The number of hydrogen-bond acceptors (Lipinski definition) is 8. The molecule has 1 amide bonds. The Bertz CT molecular complexity index is 1090. The maximum absolute atomic E-state index is 13.3. The van der Waals surface area contributed by atoms with Gasteiger partial charge in [-0.1, -0.05) is 46.3 Å². The lowest BCUT2D eigenvalue weighted by Gasteiger charge is -2.50. The van der Waals surface area contributed by atoms with E-state index >= 15 is 0 Å². The number of carbonyl (C=O) groups is 2. The number of esters is 1. The first-order valence-electron chi connectivity index (χ1n) is 9.07. The predicted octanol–water partition coefficient (Wildman–Crippen LogP) is 1.80. The maximum atomic E-state index is 13.3. The molecule has 1 unspecified atom stereocenters. The lowest BCUT2D eigenvalue weighted by Crippen LogP contribution is -2.74. The lowest BCUT2D eigenvalue weighted by molar-refractivity contribution is -0.168. The van der Waals surface area contributed by atoms with Crippen LogP contribution in [0.15, 0.2) is 41.9 Å². The number of ether oxygens (including phenoxy) is 1. The first-order valence-corrected chi connectivity index (χ1v) is 12.3. The highest BCUT2D eigenvalue weighted by molar-refractivity contribution is 9.10. The Morgan fingerprint density at radius 2 is 2.03 bits per heavy atom. The van der Waals surface area contributed by atoms with Crippen LogP contribution in [0.4, 0.5) is 0 Å². The number of fused-ring (bicyclic) bond motifs is 1. The van der Waals surface area contributed by atoms with Gasteiger partial charge in [-0.3, -0.25) is 4.79 Å². The fourth-order valence-electron chi connectivity index (χ4n) is 3.96. The van der Waals surface area contributed by atoms with Crippen molar-refractivity contribution >= 4 is 49.0 Å². The van der Waals surface area contributed by atoms with Crippen molar-refractivity contribution in [2.75, 3.05) is 0 Å². The summed E-state index contributed by atoms with van der Waals surface area (Å²) in [5, 5.41) is 11.2. The minimum absolute atomic E-state index is 0.0415. The van der Waals surface area contributed by atoms with Gasteiger partial charge >= 0.3 is 5.97 Å². The first-order chi connectivity index (χ1) is 14.0. The van der Waals surface area contributed by atoms with E-state index in [1.165, 1.54) is 20.0 Å². The Morgan fingerprint density at radius 1 is 1.37 bits per heavy atom. The number of hydrogen-bond donors (Lipinski definition) is 1. The van der Waals surface area contributed by atoms with Gasteiger partial charge in [0.25, 0.3) is 0 Å². The number of thiazole rings is 1. The largest absolute Gasteiger partial charge is 0.459 e. The highest BCUT2D eigenvalue weighted by atomic mass is 79.9. The zero-order valence-corrected chi connectivity index (χ0v) is 19.3. The van der Waals surface area contributed by atoms with Gasteiger partial charge < -0.3 is 14.7 Å². The molecule has 0 aliphatic carbocycles. The first kappa shape index (κ1) is 21.4. The van der Waals surface area contributed by atoms with Gasteiger partial charge in [-0.15, -0.1) is 11.3 Å². The molecule has 2 aromatic rings. The van der Waals surface area contributed by atoms with Crippen molar-refractivity contribution in [2.45, 2.75) is 47.0 Å². The summed E-state index contributed by atoms with van der Waals surface area (Å²) < 4.78 is 28.6. The standard InChI is InChI=1S/C19H19BrN2O6S2/c1-18(2)12(15(24)28-10-11-6-4-3-5-7-11)22-16(25)19(20,17(22)30(18,26)27)13(23)14-21-8-9-29-14/h3-9,12-13,17,23H,10H2,1-2H3/t12-,13?,17+,19-/m0/s1. The van der Waals surface area contributed by atoms with E-state index in [1.54, 1.807) is 29.6 Å². The van der Waals surface area contributed by atoms with E-state index in [0.29, 0.717) is 0 Å². The smallest absolute Gasteiger partial charge is 0.330 e. The van der Waals surface area contributed by atoms with E-state index in [4.69, 9.17) is 4.74 Å². The number of carbonyl (C=O) groups excluding carboxylic acids is 2. The van der Waals surface area contributed by atoms with Crippen molar-refractivity contribution in [1.82, 2.24) is 9.88 Å². The van der Waals surface area contributed by atoms with Crippen molar-refractivity contribution < 1.29 is 27.9 Å². The zero-order chi connectivity index (χ0) is 21.9. The molecule has 2 aliphatic heterocycles. The summed E-state index contributed by atoms with van der Waals surface area (Å²) in [5.41, 5.74) is 0.741. The molecule has 1 aromatic carbocycles. The van der Waals surface area contributed by atoms with Crippen LogP contribution in [0.3, 0.4) is 0 Å². The van der Waals surface area contributed by atoms with E-state index in [1.807, 2.05) is 6.07 Å². The highest BCUT2D eigenvalue weighted by Crippen LogP contribution is 2.58. The van der Waals surface area contributed by atoms with Gasteiger partial charge in [-0.05, 0) is 19.4 Å². The number of alkyl halides is 1. The van der Waals surface area contributed by atoms with Crippen LogP contribution < -0.4 is 0 Å². The number of benzene rings is 1. The number of halogens is 1. The number of aliphatic hydroxyl groups is 1. The molecule has 1 aromatic heterocycles. The second-order valence-corrected chi connectivity index (χ2v) is 12.6. The molecule has 30 heavy (non-hydrogen) atoms. The number of amides is 1. The van der Waals surface area contributed by atoms with Crippen LogP contribution in [-0.2, 0) is 30.8 Å². The molecule has 0 spiro atoms. The Balaban J connectivity index is 1.65. The van der Waals surface area contributed by atoms with Gasteiger partial charge in [0.15, 0.2) is 19.5 Å². The SMILES string of the molecule is CC1(C)[C@H](C(=O)OCc2ccccc2)N2C(=O)[C@@](Br)(C(O)c3nccs3)[C@H]2S1(=O)=O. The van der Waals surface area contributed by atoms with E-state index in [-0.39, 0.29) is 11.6 Å². The van der Waals surface area contributed by atoms with Crippen molar-refractivity contribution in [3.8, 4) is 0 Å². The quantitative estimate of drug-likeness (QED) is 0.367. The van der Waals surface area contributed by atoms with Crippen molar-refractivity contribution in [1.29, 1.82) is 0 Å². The number of sulfone groups is 1. The zero-order valence-electron chi connectivity index (χ0n) is 16.1. The van der Waals surface area contributed by atoms with Crippen LogP contribution >= 0.6 is 27.3 Å². The third kappa shape index (κ3) is 2.79. The predicted molar refractivity (Wildman–Crippen MR) is 112 cm³/mol.